The van der Waals surface area contributed by atoms with Crippen molar-refractivity contribution < 1.29 is 9.46 Å². The van der Waals surface area contributed by atoms with Crippen LogP contribution in [0.25, 0.3) is 0 Å². The first-order valence-electron chi connectivity index (χ1n) is 1.66. The zero-order valence-electron chi connectivity index (χ0n) is 4.17. The van der Waals surface area contributed by atoms with Crippen LogP contribution in [0.1, 0.15) is 0 Å². The second kappa shape index (κ2) is 4.43. The van der Waals surface area contributed by atoms with Gasteiger partial charge in [0.15, 0.2) is 0 Å². The Morgan fingerprint density at radius 2 is 2.29 bits per heavy atom. The molecule has 0 heterocycles. The van der Waals surface area contributed by atoms with Crippen molar-refractivity contribution in [2.24, 2.45) is 0 Å². The van der Waals surface area contributed by atoms with Gasteiger partial charge in [-0.2, -0.15) is 0 Å². The molecule has 0 rings (SSSR count). The molecule has 7 heavy (non-hydrogen) atoms. The lowest BCUT2D eigenvalue weighted by Gasteiger charge is -2.21. The molecule has 0 aliphatic rings. The summed E-state index contributed by atoms with van der Waals surface area (Å²) in [6.07, 6.45) is 0. The van der Waals surface area contributed by atoms with Crippen molar-refractivity contribution in [1.29, 1.82) is 0 Å². The minimum absolute atomic E-state index is 0.0679. The topological polar surface area (TPSA) is 44.8 Å². The van der Waals surface area contributed by atoms with Gasteiger partial charge in [0.2, 0.25) is 0 Å². The second-order valence-electron chi connectivity index (χ2n) is 0.702. The molecule has 0 aromatic carbocycles. The summed E-state index contributed by atoms with van der Waals surface area (Å²) in [5.41, 5.74) is 0. The summed E-state index contributed by atoms with van der Waals surface area (Å²) < 4.78 is 4.27. The Kier molecular flexibility index (Phi) is 4.60. The van der Waals surface area contributed by atoms with E-state index in [2.05, 4.69) is 9.46 Å². The molecule has 0 aliphatic carbocycles. The predicted octanol–water partition coefficient (Wildman–Crippen LogP) is 0.502. The van der Waals surface area contributed by atoms with Crippen LogP contribution >= 0.6 is 8.81 Å². The SMILES string of the molecule is CON([O-])OPC. The number of nitrogens with zero attached hydrogens (tertiary/aromatic N) is 1. The number of rotatable bonds is 3. The third-order valence-corrected chi connectivity index (χ3v) is 0.647. The van der Waals surface area contributed by atoms with Crippen LogP contribution in [0, 0.1) is 5.21 Å². The number of hydrogen-bond acceptors (Lipinski definition) is 4. The van der Waals surface area contributed by atoms with Gasteiger partial charge in [-0.05, 0) is 6.66 Å². The fourth-order valence-electron chi connectivity index (χ4n) is 0.112. The highest BCUT2D eigenvalue weighted by atomic mass is 31.1. The van der Waals surface area contributed by atoms with Crippen LogP contribution in [0.3, 0.4) is 0 Å². The maximum Gasteiger partial charge on any atom is 0.0590 e. The maximum absolute atomic E-state index is 9.89. The van der Waals surface area contributed by atoms with E-state index >= 15 is 0 Å². The van der Waals surface area contributed by atoms with Crippen LogP contribution in [0.15, 0.2) is 0 Å². The Morgan fingerprint density at radius 3 is 2.43 bits per heavy atom. The van der Waals surface area contributed by atoms with Crippen molar-refractivity contribution in [1.82, 2.24) is 5.39 Å². The Morgan fingerprint density at radius 1 is 1.71 bits per heavy atom. The van der Waals surface area contributed by atoms with Crippen LogP contribution in [0.4, 0.5) is 0 Å². The van der Waals surface area contributed by atoms with Crippen molar-refractivity contribution in [3.63, 3.8) is 0 Å². The first kappa shape index (κ1) is 7.27. The van der Waals surface area contributed by atoms with Gasteiger partial charge in [-0.3, -0.25) is 9.46 Å². The molecule has 0 N–H and O–H groups in total. The van der Waals surface area contributed by atoms with Gasteiger partial charge in [0.25, 0.3) is 0 Å². The smallest absolute Gasteiger partial charge is 0.0590 e. The van der Waals surface area contributed by atoms with E-state index in [1.807, 2.05) is 0 Å². The van der Waals surface area contributed by atoms with Crippen molar-refractivity contribution in [2.45, 2.75) is 0 Å². The van der Waals surface area contributed by atoms with Crippen LogP contribution in [-0.4, -0.2) is 19.2 Å². The van der Waals surface area contributed by atoms with Gasteiger partial charge in [0.05, 0.1) is 7.11 Å². The summed E-state index contributed by atoms with van der Waals surface area (Å²) in [6, 6.07) is 0. The number of hydrogen-bond donors (Lipinski definition) is 0. The maximum atomic E-state index is 9.89. The summed E-state index contributed by atoms with van der Waals surface area (Å²) in [6.45, 7) is 1.73. The van der Waals surface area contributed by atoms with Gasteiger partial charge in [-0.1, -0.05) is 0 Å². The van der Waals surface area contributed by atoms with Crippen molar-refractivity contribution >= 4 is 8.81 Å². The first-order chi connectivity index (χ1) is 3.31. The van der Waals surface area contributed by atoms with E-state index in [0.717, 1.165) is 0 Å². The first-order valence-corrected chi connectivity index (χ1v) is 3.07. The van der Waals surface area contributed by atoms with Crippen molar-refractivity contribution in [3.8, 4) is 0 Å². The average molecular weight is 124 g/mol. The lowest BCUT2D eigenvalue weighted by atomic mass is 11.7. The Bertz CT molecular complexity index is 43.9. The molecule has 1 unspecified atom stereocenters. The van der Waals surface area contributed by atoms with Gasteiger partial charge in [0, 0.05) is 8.81 Å². The van der Waals surface area contributed by atoms with Gasteiger partial charge >= 0.3 is 0 Å². The molecule has 0 saturated heterocycles. The highest BCUT2D eigenvalue weighted by Crippen LogP contribution is 2.05. The van der Waals surface area contributed by atoms with E-state index in [-0.39, 0.29) is 14.2 Å². The largest absolute Gasteiger partial charge is 0.738 e. The zero-order chi connectivity index (χ0) is 5.70. The molecule has 0 spiro atoms. The summed E-state index contributed by atoms with van der Waals surface area (Å²) in [7, 11) is 1.38. The predicted molar refractivity (Wildman–Crippen MR) is 27.5 cm³/mol. The molecule has 0 saturated carbocycles. The van der Waals surface area contributed by atoms with Crippen molar-refractivity contribution in [3.05, 3.63) is 5.21 Å². The van der Waals surface area contributed by atoms with Crippen LogP contribution in [0.2, 0.25) is 0 Å². The van der Waals surface area contributed by atoms with E-state index in [0.29, 0.717) is 0 Å². The molecule has 1 atom stereocenters. The Hall–Kier alpha value is 0.270. The lowest BCUT2D eigenvalue weighted by molar-refractivity contribution is -0.258. The Balaban J connectivity index is 2.83. The molecule has 0 bridgehead atoms. The van der Waals surface area contributed by atoms with Crippen molar-refractivity contribution in [2.75, 3.05) is 13.8 Å². The van der Waals surface area contributed by atoms with E-state index < -0.39 is 0 Å². The monoisotopic (exact) mass is 124 g/mol. The highest BCUT2D eigenvalue weighted by molar-refractivity contribution is 7.31. The van der Waals surface area contributed by atoms with Gasteiger partial charge in [-0.15, -0.1) is 5.39 Å². The fourth-order valence-corrected chi connectivity index (χ4v) is 0.335. The summed E-state index contributed by atoms with van der Waals surface area (Å²) in [5, 5.41) is 9.96. The standard InChI is InChI=1S/C2H7NO3P/c1-5-3(4)6-7-2/h7H,1-2H3/q-1. The third kappa shape index (κ3) is 4.12. The van der Waals surface area contributed by atoms with Gasteiger partial charge in [0.1, 0.15) is 0 Å². The molecule has 44 valence electrons. The normalized spacial score (nSPS) is 12.0. The minimum Gasteiger partial charge on any atom is -0.738 e. The van der Waals surface area contributed by atoms with Crippen LogP contribution in [-0.2, 0) is 9.46 Å². The molecule has 0 aliphatic heterocycles. The molecule has 4 nitrogen and oxygen atoms in total. The van der Waals surface area contributed by atoms with Crippen LogP contribution in [0.5, 0.6) is 0 Å². The van der Waals surface area contributed by atoms with E-state index in [9.17, 15) is 5.21 Å². The molecule has 0 radical (unpaired) electrons. The van der Waals surface area contributed by atoms with Gasteiger partial charge in [-0.25, -0.2) is 0 Å². The molecule has 5 heteroatoms. The summed E-state index contributed by atoms with van der Waals surface area (Å²) >= 11 is 0. The average Bonchev–Trinajstić information content (AvgIpc) is 1.68. The van der Waals surface area contributed by atoms with E-state index in [4.69, 9.17) is 0 Å². The summed E-state index contributed by atoms with van der Waals surface area (Å²) in [5.74, 6) is 0. The van der Waals surface area contributed by atoms with E-state index in [1.54, 1.807) is 6.66 Å². The molecular formula is C2H7NO3P-. The minimum atomic E-state index is 0.0679. The van der Waals surface area contributed by atoms with E-state index in [1.165, 1.54) is 7.11 Å². The Labute approximate surface area is 43.7 Å². The molecule has 0 fully saturated rings. The second-order valence-corrected chi connectivity index (χ2v) is 1.29. The molecule has 0 aromatic rings. The summed E-state index contributed by atoms with van der Waals surface area (Å²) in [4.78, 5) is 4.05. The third-order valence-electron chi connectivity index (χ3n) is 0.315. The van der Waals surface area contributed by atoms with Gasteiger partial charge < -0.3 is 5.21 Å². The fraction of sp³-hybridized carbons (Fsp3) is 1.00. The molecule has 0 aromatic heterocycles. The lowest BCUT2D eigenvalue weighted by Crippen LogP contribution is -2.09. The zero-order valence-corrected chi connectivity index (χ0v) is 5.17. The molecule has 0 amide bonds. The highest BCUT2D eigenvalue weighted by Gasteiger charge is 1.78. The molecular weight excluding hydrogens is 117 g/mol. The van der Waals surface area contributed by atoms with Crippen LogP contribution < -0.4 is 0 Å². The quantitative estimate of drug-likeness (QED) is 0.406.